The van der Waals surface area contributed by atoms with E-state index in [1.54, 1.807) is 22.5 Å². The molecule has 8 heteroatoms. The summed E-state index contributed by atoms with van der Waals surface area (Å²) in [7, 11) is -3.58. The molecule has 2 amide bonds. The number of benzene rings is 2. The summed E-state index contributed by atoms with van der Waals surface area (Å²) >= 11 is 0. The maximum absolute atomic E-state index is 13.3. The molecule has 0 aliphatic carbocycles. The quantitative estimate of drug-likeness (QED) is 0.691. The molecule has 4 rings (SSSR count). The number of fused-ring (bicyclic) bond motifs is 1. The second kappa shape index (κ2) is 10.3. The Morgan fingerprint density at radius 2 is 1.65 bits per heavy atom. The lowest BCUT2D eigenvalue weighted by Crippen LogP contribution is -2.38. The monoisotopic (exact) mass is 483 g/mol. The molecule has 1 N–H and O–H groups in total. The normalized spacial score (nSPS) is 17.6. The molecule has 0 unspecified atom stereocenters. The van der Waals surface area contributed by atoms with E-state index in [9.17, 15) is 18.0 Å². The highest BCUT2D eigenvalue weighted by molar-refractivity contribution is 7.89. The van der Waals surface area contributed by atoms with Crippen molar-refractivity contribution in [2.75, 3.05) is 29.9 Å². The van der Waals surface area contributed by atoms with Crippen LogP contribution in [0.3, 0.4) is 0 Å². The smallest absolute Gasteiger partial charge is 0.244 e. The SMILES string of the molecule is Cc1ccc(NC(=O)CN2C(=O)CCCc3cc(S(=O)(=O)N4CCCCCC4)ccc32)cc1C. The van der Waals surface area contributed by atoms with Gasteiger partial charge in [0.2, 0.25) is 21.8 Å². The first-order valence-corrected chi connectivity index (χ1v) is 13.5. The van der Waals surface area contributed by atoms with Crippen LogP contribution < -0.4 is 10.2 Å². The van der Waals surface area contributed by atoms with Crippen LogP contribution in [0, 0.1) is 13.8 Å². The zero-order chi connectivity index (χ0) is 24.3. The molecule has 1 fully saturated rings. The highest BCUT2D eigenvalue weighted by Gasteiger charge is 2.29. The molecule has 0 aromatic heterocycles. The molecule has 0 spiro atoms. The topological polar surface area (TPSA) is 86.8 Å². The average molecular weight is 484 g/mol. The Labute approximate surface area is 202 Å². The van der Waals surface area contributed by atoms with E-state index in [-0.39, 0.29) is 23.3 Å². The molecule has 2 heterocycles. The van der Waals surface area contributed by atoms with Crippen LogP contribution >= 0.6 is 0 Å². The summed E-state index contributed by atoms with van der Waals surface area (Å²) in [6.45, 7) is 4.97. The van der Waals surface area contributed by atoms with E-state index in [0.717, 1.165) is 42.4 Å². The molecule has 0 saturated carbocycles. The second-order valence-electron chi connectivity index (χ2n) is 9.29. The number of nitrogens with zero attached hydrogens (tertiary/aromatic N) is 2. The predicted octanol–water partition coefficient (Wildman–Crippen LogP) is 4.18. The zero-order valence-electron chi connectivity index (χ0n) is 20.0. The van der Waals surface area contributed by atoms with Crippen LogP contribution in [0.1, 0.15) is 55.2 Å². The molecule has 0 radical (unpaired) electrons. The van der Waals surface area contributed by atoms with E-state index in [2.05, 4.69) is 5.32 Å². The van der Waals surface area contributed by atoms with Crippen LogP contribution in [0.25, 0.3) is 0 Å². The van der Waals surface area contributed by atoms with E-state index in [0.29, 0.717) is 43.7 Å². The summed E-state index contributed by atoms with van der Waals surface area (Å²) in [6.07, 6.45) is 5.40. The minimum Gasteiger partial charge on any atom is -0.325 e. The standard InChI is InChI=1S/C26H33N3O4S/c1-19-10-11-22(16-20(19)2)27-25(30)18-29-24-13-12-23(17-21(24)8-7-9-26(29)31)34(32,33)28-14-5-3-4-6-15-28/h10-13,16-17H,3-9,14-15,18H2,1-2H3,(H,27,30). The fourth-order valence-electron chi connectivity index (χ4n) is 4.65. The van der Waals surface area contributed by atoms with Crippen molar-refractivity contribution in [3.63, 3.8) is 0 Å². The molecule has 2 aromatic rings. The van der Waals surface area contributed by atoms with Gasteiger partial charge in [0.05, 0.1) is 4.90 Å². The van der Waals surface area contributed by atoms with Crippen molar-refractivity contribution in [1.82, 2.24) is 4.31 Å². The fraction of sp³-hybridized carbons (Fsp3) is 0.462. The van der Waals surface area contributed by atoms with E-state index >= 15 is 0 Å². The Morgan fingerprint density at radius 1 is 0.912 bits per heavy atom. The molecular weight excluding hydrogens is 450 g/mol. The third-order valence-electron chi connectivity index (χ3n) is 6.77. The maximum Gasteiger partial charge on any atom is 0.244 e. The van der Waals surface area contributed by atoms with Gasteiger partial charge in [-0.25, -0.2) is 8.42 Å². The first-order chi connectivity index (χ1) is 16.3. The second-order valence-corrected chi connectivity index (χ2v) is 11.2. The number of carbonyl (C=O) groups is 2. The van der Waals surface area contributed by atoms with Crippen molar-refractivity contribution in [3.8, 4) is 0 Å². The first-order valence-electron chi connectivity index (χ1n) is 12.1. The van der Waals surface area contributed by atoms with E-state index in [1.807, 2.05) is 32.0 Å². The Morgan fingerprint density at radius 3 is 2.35 bits per heavy atom. The molecule has 182 valence electrons. The highest BCUT2D eigenvalue weighted by atomic mass is 32.2. The summed E-state index contributed by atoms with van der Waals surface area (Å²) < 4.78 is 28.1. The van der Waals surface area contributed by atoms with Crippen LogP contribution in [-0.4, -0.2) is 44.2 Å². The van der Waals surface area contributed by atoms with Gasteiger partial charge >= 0.3 is 0 Å². The van der Waals surface area contributed by atoms with Gasteiger partial charge in [0.1, 0.15) is 6.54 Å². The summed E-state index contributed by atoms with van der Waals surface area (Å²) in [5.41, 5.74) is 4.32. The molecule has 2 aromatic carbocycles. The maximum atomic E-state index is 13.3. The van der Waals surface area contributed by atoms with Crippen LogP contribution in [0.4, 0.5) is 11.4 Å². The lowest BCUT2D eigenvalue weighted by atomic mass is 10.1. The lowest BCUT2D eigenvalue weighted by Gasteiger charge is -2.24. The van der Waals surface area contributed by atoms with Crippen molar-refractivity contribution < 1.29 is 18.0 Å². The number of aryl methyl sites for hydroxylation is 3. The Bertz CT molecular complexity index is 1180. The largest absolute Gasteiger partial charge is 0.325 e. The van der Waals surface area contributed by atoms with Gasteiger partial charge in [-0.05, 0) is 86.6 Å². The van der Waals surface area contributed by atoms with Crippen LogP contribution in [0.5, 0.6) is 0 Å². The van der Waals surface area contributed by atoms with Crippen molar-refractivity contribution in [3.05, 3.63) is 53.1 Å². The van der Waals surface area contributed by atoms with Crippen molar-refractivity contribution in [2.24, 2.45) is 0 Å². The lowest BCUT2D eigenvalue weighted by molar-refractivity contribution is -0.121. The van der Waals surface area contributed by atoms with E-state index < -0.39 is 10.0 Å². The molecule has 0 atom stereocenters. The molecule has 1 saturated heterocycles. The number of carbonyl (C=O) groups excluding carboxylic acids is 2. The average Bonchev–Trinajstić information content (AvgIpc) is 3.17. The van der Waals surface area contributed by atoms with Gasteiger partial charge in [0.25, 0.3) is 0 Å². The number of rotatable bonds is 5. The van der Waals surface area contributed by atoms with Gasteiger partial charge in [-0.3, -0.25) is 9.59 Å². The van der Waals surface area contributed by atoms with Gasteiger partial charge in [0, 0.05) is 30.9 Å². The summed E-state index contributed by atoms with van der Waals surface area (Å²) in [6, 6.07) is 10.7. The molecule has 2 aliphatic rings. The minimum atomic E-state index is -3.58. The van der Waals surface area contributed by atoms with Crippen molar-refractivity contribution >= 4 is 33.2 Å². The van der Waals surface area contributed by atoms with E-state index in [1.165, 1.54) is 4.90 Å². The van der Waals surface area contributed by atoms with Gasteiger partial charge < -0.3 is 10.2 Å². The zero-order valence-corrected chi connectivity index (χ0v) is 20.8. The number of hydrogen-bond acceptors (Lipinski definition) is 4. The highest BCUT2D eigenvalue weighted by Crippen LogP contribution is 2.31. The third-order valence-corrected chi connectivity index (χ3v) is 8.67. The number of anilines is 2. The molecule has 7 nitrogen and oxygen atoms in total. The number of nitrogens with one attached hydrogen (secondary N) is 1. The van der Waals surface area contributed by atoms with E-state index in [4.69, 9.17) is 0 Å². The number of hydrogen-bond donors (Lipinski definition) is 1. The van der Waals surface area contributed by atoms with Crippen LogP contribution in [0.15, 0.2) is 41.3 Å². The summed E-state index contributed by atoms with van der Waals surface area (Å²) in [5, 5.41) is 2.88. The van der Waals surface area contributed by atoms with Crippen LogP contribution in [-0.2, 0) is 26.0 Å². The number of amides is 2. The predicted molar refractivity (Wildman–Crippen MR) is 134 cm³/mol. The van der Waals surface area contributed by atoms with Gasteiger partial charge in [-0.1, -0.05) is 18.9 Å². The first kappa shape index (κ1) is 24.4. The summed E-state index contributed by atoms with van der Waals surface area (Å²) in [5.74, 6) is -0.414. The van der Waals surface area contributed by atoms with Crippen molar-refractivity contribution in [1.29, 1.82) is 0 Å². The van der Waals surface area contributed by atoms with Crippen molar-refractivity contribution in [2.45, 2.75) is 63.7 Å². The van der Waals surface area contributed by atoms with Gasteiger partial charge in [-0.15, -0.1) is 0 Å². The van der Waals surface area contributed by atoms with Gasteiger partial charge in [0.15, 0.2) is 0 Å². The summed E-state index contributed by atoms with van der Waals surface area (Å²) in [4.78, 5) is 27.4. The molecule has 0 bridgehead atoms. The Hall–Kier alpha value is -2.71. The number of sulfonamides is 1. The molecule has 34 heavy (non-hydrogen) atoms. The van der Waals surface area contributed by atoms with Gasteiger partial charge in [-0.2, -0.15) is 4.31 Å². The fourth-order valence-corrected chi connectivity index (χ4v) is 6.22. The molecule has 2 aliphatic heterocycles. The Kier molecular flexibility index (Phi) is 7.38. The third kappa shape index (κ3) is 5.33. The molecular formula is C26H33N3O4S. The van der Waals surface area contributed by atoms with Crippen LogP contribution in [0.2, 0.25) is 0 Å². The minimum absolute atomic E-state index is 0.114. The Balaban J connectivity index is 1.56.